The van der Waals surface area contributed by atoms with E-state index in [4.69, 9.17) is 10.2 Å². The maximum Gasteiger partial charge on any atom is 0.208 e. The van der Waals surface area contributed by atoms with Gasteiger partial charge in [-0.05, 0) is 37.0 Å². The average molecular weight is 292 g/mol. The van der Waals surface area contributed by atoms with E-state index in [1.54, 1.807) is 12.1 Å². The van der Waals surface area contributed by atoms with E-state index in [0.29, 0.717) is 34.1 Å². The molecule has 5 heteroatoms. The standard InChI is InChI=1S/C15H20N2O2S/c1-10-3-2-4-12(7-10)20(18)9-15-17-13-8-11(16)5-6-14(13)19-15/h5-6,8,10,12H,2-4,7,9,16H2,1H3. The zero-order chi connectivity index (χ0) is 14.1. The molecule has 3 rings (SSSR count). The molecule has 1 saturated carbocycles. The van der Waals surface area contributed by atoms with Gasteiger partial charge in [-0.1, -0.05) is 19.8 Å². The fraction of sp³-hybridized carbons (Fsp3) is 0.533. The van der Waals surface area contributed by atoms with Crippen molar-refractivity contribution in [2.24, 2.45) is 5.92 Å². The van der Waals surface area contributed by atoms with Gasteiger partial charge < -0.3 is 10.2 Å². The minimum atomic E-state index is -0.898. The van der Waals surface area contributed by atoms with Crippen molar-refractivity contribution in [2.45, 2.75) is 43.6 Å². The topological polar surface area (TPSA) is 69.1 Å². The van der Waals surface area contributed by atoms with Crippen molar-refractivity contribution in [2.75, 3.05) is 5.73 Å². The number of hydrogen-bond acceptors (Lipinski definition) is 4. The number of anilines is 1. The summed E-state index contributed by atoms with van der Waals surface area (Å²) in [4.78, 5) is 4.39. The summed E-state index contributed by atoms with van der Waals surface area (Å²) in [6.45, 7) is 2.24. The lowest BCUT2D eigenvalue weighted by atomic mass is 9.91. The molecule has 0 aliphatic heterocycles. The number of fused-ring (bicyclic) bond motifs is 1. The van der Waals surface area contributed by atoms with E-state index < -0.39 is 10.8 Å². The molecule has 1 aliphatic rings. The summed E-state index contributed by atoms with van der Waals surface area (Å²) in [5, 5.41) is 0.291. The fourth-order valence-electron chi connectivity index (χ4n) is 2.91. The highest BCUT2D eigenvalue weighted by molar-refractivity contribution is 7.84. The summed E-state index contributed by atoms with van der Waals surface area (Å²) in [5.41, 5.74) is 7.85. The van der Waals surface area contributed by atoms with Crippen molar-refractivity contribution in [3.05, 3.63) is 24.1 Å². The molecule has 1 aromatic carbocycles. The largest absolute Gasteiger partial charge is 0.440 e. The molecule has 1 heterocycles. The summed E-state index contributed by atoms with van der Waals surface area (Å²) in [7, 11) is -0.898. The zero-order valence-electron chi connectivity index (χ0n) is 11.7. The number of oxazole rings is 1. The Hall–Kier alpha value is -1.36. The lowest BCUT2D eigenvalue weighted by Crippen LogP contribution is -2.24. The number of nitrogen functional groups attached to an aromatic ring is 1. The highest BCUT2D eigenvalue weighted by Crippen LogP contribution is 2.28. The van der Waals surface area contributed by atoms with Crippen molar-refractivity contribution in [3.8, 4) is 0 Å². The van der Waals surface area contributed by atoms with Crippen LogP contribution in [0.4, 0.5) is 5.69 Å². The van der Waals surface area contributed by atoms with Crippen molar-refractivity contribution >= 4 is 27.6 Å². The van der Waals surface area contributed by atoms with Gasteiger partial charge in [0.2, 0.25) is 5.89 Å². The van der Waals surface area contributed by atoms with E-state index in [-0.39, 0.29) is 0 Å². The molecule has 20 heavy (non-hydrogen) atoms. The Morgan fingerprint density at radius 2 is 2.30 bits per heavy atom. The molecule has 0 radical (unpaired) electrons. The molecular weight excluding hydrogens is 272 g/mol. The Morgan fingerprint density at radius 3 is 3.10 bits per heavy atom. The van der Waals surface area contributed by atoms with Crippen LogP contribution in [0.2, 0.25) is 0 Å². The first-order chi connectivity index (χ1) is 9.61. The molecule has 4 nitrogen and oxygen atoms in total. The Morgan fingerprint density at radius 1 is 1.45 bits per heavy atom. The van der Waals surface area contributed by atoms with Crippen molar-refractivity contribution in [3.63, 3.8) is 0 Å². The molecule has 3 unspecified atom stereocenters. The van der Waals surface area contributed by atoms with Crippen LogP contribution in [-0.4, -0.2) is 14.4 Å². The predicted octanol–water partition coefficient (Wildman–Crippen LogP) is 3.24. The van der Waals surface area contributed by atoms with Crippen LogP contribution in [0.1, 0.15) is 38.5 Å². The third-order valence-electron chi connectivity index (χ3n) is 3.98. The molecule has 108 valence electrons. The maximum atomic E-state index is 12.4. The Kier molecular flexibility index (Phi) is 3.78. The average Bonchev–Trinajstić information content (AvgIpc) is 2.80. The highest BCUT2D eigenvalue weighted by Gasteiger charge is 2.25. The van der Waals surface area contributed by atoms with E-state index in [1.807, 2.05) is 6.07 Å². The lowest BCUT2D eigenvalue weighted by molar-refractivity contribution is 0.388. The third kappa shape index (κ3) is 2.87. The van der Waals surface area contributed by atoms with E-state index in [0.717, 1.165) is 18.4 Å². The molecular formula is C15H20N2O2S. The van der Waals surface area contributed by atoms with Gasteiger partial charge in [0.15, 0.2) is 5.58 Å². The van der Waals surface area contributed by atoms with E-state index >= 15 is 0 Å². The summed E-state index contributed by atoms with van der Waals surface area (Å²) in [5.74, 6) is 1.65. The van der Waals surface area contributed by atoms with Crippen LogP contribution in [0.3, 0.4) is 0 Å². The fourth-order valence-corrected chi connectivity index (χ4v) is 4.49. The molecule has 2 N–H and O–H groups in total. The monoisotopic (exact) mass is 292 g/mol. The number of nitrogens with two attached hydrogens (primary N) is 1. The second-order valence-electron chi connectivity index (χ2n) is 5.75. The minimum absolute atomic E-state index is 0.291. The van der Waals surface area contributed by atoms with Crippen LogP contribution < -0.4 is 5.73 Å². The molecule has 0 bridgehead atoms. The van der Waals surface area contributed by atoms with Crippen molar-refractivity contribution < 1.29 is 8.63 Å². The SMILES string of the molecule is CC1CCCC(S(=O)Cc2nc3cc(N)ccc3o2)C1. The van der Waals surface area contributed by atoms with Crippen LogP contribution in [-0.2, 0) is 16.6 Å². The second kappa shape index (κ2) is 5.56. The van der Waals surface area contributed by atoms with E-state index in [9.17, 15) is 4.21 Å². The second-order valence-corrected chi connectivity index (χ2v) is 7.47. The summed E-state index contributed by atoms with van der Waals surface area (Å²) < 4.78 is 18.1. The van der Waals surface area contributed by atoms with Crippen LogP contribution in [0.15, 0.2) is 22.6 Å². The number of nitrogens with zero attached hydrogens (tertiary/aromatic N) is 1. The van der Waals surface area contributed by atoms with Gasteiger partial charge in [0.25, 0.3) is 0 Å². The van der Waals surface area contributed by atoms with Gasteiger partial charge in [-0.15, -0.1) is 0 Å². The molecule has 1 fully saturated rings. The molecule has 0 amide bonds. The summed E-state index contributed by atoms with van der Waals surface area (Å²) >= 11 is 0. The molecule has 0 saturated heterocycles. The number of benzene rings is 1. The normalized spacial score (nSPS) is 24.9. The van der Waals surface area contributed by atoms with Crippen molar-refractivity contribution in [1.82, 2.24) is 4.98 Å². The van der Waals surface area contributed by atoms with E-state index in [2.05, 4.69) is 11.9 Å². The quantitative estimate of drug-likeness (QED) is 0.882. The van der Waals surface area contributed by atoms with Crippen LogP contribution in [0, 0.1) is 5.92 Å². The summed E-state index contributed by atoms with van der Waals surface area (Å²) in [6, 6.07) is 5.39. The first-order valence-corrected chi connectivity index (χ1v) is 8.52. The van der Waals surface area contributed by atoms with Gasteiger partial charge in [0, 0.05) is 21.7 Å². The molecule has 0 spiro atoms. The van der Waals surface area contributed by atoms with Gasteiger partial charge in [0.05, 0.1) is 0 Å². The molecule has 3 atom stereocenters. The van der Waals surface area contributed by atoms with Gasteiger partial charge in [-0.3, -0.25) is 4.21 Å². The number of hydrogen-bond donors (Lipinski definition) is 1. The zero-order valence-corrected chi connectivity index (χ0v) is 12.5. The van der Waals surface area contributed by atoms with Gasteiger partial charge >= 0.3 is 0 Å². The number of rotatable bonds is 3. The first-order valence-electron chi connectivity index (χ1n) is 7.14. The smallest absolute Gasteiger partial charge is 0.208 e. The molecule has 1 aromatic heterocycles. The first kappa shape index (κ1) is 13.6. The summed E-state index contributed by atoms with van der Waals surface area (Å²) in [6.07, 6.45) is 4.56. The maximum absolute atomic E-state index is 12.4. The Labute approximate surface area is 121 Å². The Bertz CT molecular complexity index is 638. The van der Waals surface area contributed by atoms with Crippen LogP contribution >= 0.6 is 0 Å². The predicted molar refractivity (Wildman–Crippen MR) is 81.7 cm³/mol. The Balaban J connectivity index is 1.73. The minimum Gasteiger partial charge on any atom is -0.440 e. The van der Waals surface area contributed by atoms with Crippen LogP contribution in [0.5, 0.6) is 0 Å². The van der Waals surface area contributed by atoms with Gasteiger partial charge in [0.1, 0.15) is 11.3 Å². The van der Waals surface area contributed by atoms with Crippen LogP contribution in [0.25, 0.3) is 11.1 Å². The number of aromatic nitrogens is 1. The van der Waals surface area contributed by atoms with Gasteiger partial charge in [-0.25, -0.2) is 4.98 Å². The van der Waals surface area contributed by atoms with Crippen molar-refractivity contribution in [1.29, 1.82) is 0 Å². The van der Waals surface area contributed by atoms with Gasteiger partial charge in [-0.2, -0.15) is 0 Å². The lowest BCUT2D eigenvalue weighted by Gasteiger charge is -2.25. The molecule has 1 aliphatic carbocycles. The molecule has 2 aromatic rings. The van der Waals surface area contributed by atoms with E-state index in [1.165, 1.54) is 12.8 Å². The highest BCUT2D eigenvalue weighted by atomic mass is 32.2. The third-order valence-corrected chi connectivity index (χ3v) is 5.68.